The van der Waals surface area contributed by atoms with E-state index < -0.39 is 0 Å². The van der Waals surface area contributed by atoms with Gasteiger partial charge in [0.1, 0.15) is 0 Å². The second kappa shape index (κ2) is 8.51. The second-order valence-corrected chi connectivity index (χ2v) is 5.19. The van der Waals surface area contributed by atoms with Gasteiger partial charge in [-0.2, -0.15) is 0 Å². The molecule has 1 fully saturated rings. The van der Waals surface area contributed by atoms with E-state index in [4.69, 9.17) is 10.5 Å². The normalized spacial score (nSPS) is 20.2. The highest BCUT2D eigenvalue weighted by atomic mass is 16.6. The lowest BCUT2D eigenvalue weighted by molar-refractivity contribution is -0.118. The molecule has 1 aliphatic rings. The molecular weight excluding hydrogens is 214 g/mol. The minimum Gasteiger partial charge on any atom is -0.373 e. The number of carbonyl (C=O) groups excluding carboxylic acids is 1. The van der Waals surface area contributed by atoms with Crippen molar-refractivity contribution in [3.63, 3.8) is 0 Å². The number of epoxide rings is 1. The van der Waals surface area contributed by atoms with Crippen LogP contribution in [0.4, 0.5) is 0 Å². The van der Waals surface area contributed by atoms with Gasteiger partial charge >= 0.3 is 0 Å². The van der Waals surface area contributed by atoms with Gasteiger partial charge in [-0.1, -0.05) is 39.0 Å². The zero-order chi connectivity index (χ0) is 12.5. The first-order valence-electron chi connectivity index (χ1n) is 7.14. The van der Waals surface area contributed by atoms with E-state index >= 15 is 0 Å². The summed E-state index contributed by atoms with van der Waals surface area (Å²) in [5.41, 5.74) is 5.16. The van der Waals surface area contributed by atoms with Gasteiger partial charge in [0.2, 0.25) is 5.91 Å². The second-order valence-electron chi connectivity index (χ2n) is 5.19. The largest absolute Gasteiger partial charge is 0.373 e. The van der Waals surface area contributed by atoms with Crippen molar-refractivity contribution in [2.45, 2.75) is 70.8 Å². The predicted molar refractivity (Wildman–Crippen MR) is 69.7 cm³/mol. The predicted octanol–water partition coefficient (Wildman–Crippen LogP) is 3.02. The first-order chi connectivity index (χ1) is 8.24. The van der Waals surface area contributed by atoms with E-state index in [1.807, 2.05) is 0 Å². The molecule has 3 nitrogen and oxygen atoms in total. The van der Waals surface area contributed by atoms with E-state index in [0.717, 1.165) is 19.4 Å². The molecule has 0 saturated carbocycles. The summed E-state index contributed by atoms with van der Waals surface area (Å²) in [4.78, 5) is 10.7. The zero-order valence-corrected chi connectivity index (χ0v) is 11.1. The summed E-state index contributed by atoms with van der Waals surface area (Å²) in [5.74, 6) is 0.486. The summed E-state index contributed by atoms with van der Waals surface area (Å²) >= 11 is 0. The van der Waals surface area contributed by atoms with Crippen molar-refractivity contribution in [3.05, 3.63) is 0 Å². The lowest BCUT2D eigenvalue weighted by Gasteiger charge is -2.13. The Balaban J connectivity index is 2.04. The number of ether oxygens (including phenoxy) is 1. The highest BCUT2D eigenvalue weighted by molar-refractivity contribution is 5.73. The molecule has 17 heavy (non-hydrogen) atoms. The Bertz CT molecular complexity index is 214. The van der Waals surface area contributed by atoms with Crippen LogP contribution in [0.5, 0.6) is 0 Å². The van der Waals surface area contributed by atoms with Gasteiger partial charge < -0.3 is 10.5 Å². The van der Waals surface area contributed by atoms with E-state index in [1.54, 1.807) is 0 Å². The van der Waals surface area contributed by atoms with Crippen molar-refractivity contribution in [2.75, 3.05) is 6.61 Å². The molecule has 2 atom stereocenters. The van der Waals surface area contributed by atoms with Gasteiger partial charge in [-0.05, 0) is 25.2 Å². The average Bonchev–Trinajstić information content (AvgIpc) is 3.10. The quantitative estimate of drug-likeness (QED) is 0.446. The van der Waals surface area contributed by atoms with E-state index in [-0.39, 0.29) is 5.91 Å². The van der Waals surface area contributed by atoms with Gasteiger partial charge in [0.25, 0.3) is 0 Å². The molecule has 0 aromatic carbocycles. The minimum atomic E-state index is -0.177. The molecule has 0 aliphatic carbocycles. The number of hydrogen-bond acceptors (Lipinski definition) is 2. The van der Waals surface area contributed by atoms with E-state index in [0.29, 0.717) is 18.4 Å². The van der Waals surface area contributed by atoms with Gasteiger partial charge in [0, 0.05) is 6.42 Å². The maximum Gasteiger partial charge on any atom is 0.217 e. The van der Waals surface area contributed by atoms with E-state index in [2.05, 4.69) is 6.92 Å². The summed E-state index contributed by atoms with van der Waals surface area (Å²) in [6.07, 6.45) is 10.9. The van der Waals surface area contributed by atoms with Crippen molar-refractivity contribution in [2.24, 2.45) is 11.7 Å². The molecule has 2 unspecified atom stereocenters. The van der Waals surface area contributed by atoms with Crippen molar-refractivity contribution < 1.29 is 9.53 Å². The maximum atomic E-state index is 10.7. The summed E-state index contributed by atoms with van der Waals surface area (Å²) in [7, 11) is 0. The Morgan fingerprint density at radius 2 is 1.88 bits per heavy atom. The van der Waals surface area contributed by atoms with Crippen LogP contribution in [0, 0.1) is 5.92 Å². The number of primary amides is 1. The Labute approximate surface area is 105 Å². The first kappa shape index (κ1) is 14.5. The van der Waals surface area contributed by atoms with Crippen molar-refractivity contribution >= 4 is 5.91 Å². The molecule has 1 saturated heterocycles. The maximum absolute atomic E-state index is 10.7. The molecule has 1 heterocycles. The Kier molecular flexibility index (Phi) is 7.25. The van der Waals surface area contributed by atoms with Crippen LogP contribution >= 0.6 is 0 Å². The molecule has 0 aromatic rings. The van der Waals surface area contributed by atoms with Crippen LogP contribution < -0.4 is 5.73 Å². The molecule has 1 rings (SSSR count). The number of amides is 1. The Morgan fingerprint density at radius 3 is 2.47 bits per heavy atom. The smallest absolute Gasteiger partial charge is 0.217 e. The first-order valence-corrected chi connectivity index (χ1v) is 7.14. The third-order valence-corrected chi connectivity index (χ3v) is 3.56. The monoisotopic (exact) mass is 241 g/mol. The number of hydrogen-bond donors (Lipinski definition) is 1. The molecule has 2 N–H and O–H groups in total. The Hall–Kier alpha value is -0.570. The van der Waals surface area contributed by atoms with Gasteiger partial charge in [-0.3, -0.25) is 4.79 Å². The van der Waals surface area contributed by atoms with E-state index in [9.17, 15) is 4.79 Å². The highest BCUT2D eigenvalue weighted by Gasteiger charge is 2.31. The van der Waals surface area contributed by atoms with Gasteiger partial charge in [-0.15, -0.1) is 0 Å². The summed E-state index contributed by atoms with van der Waals surface area (Å²) < 4.78 is 5.39. The van der Waals surface area contributed by atoms with Crippen LogP contribution in [-0.2, 0) is 9.53 Å². The fraction of sp³-hybridized carbons (Fsp3) is 0.929. The van der Waals surface area contributed by atoms with Gasteiger partial charge in [-0.25, -0.2) is 0 Å². The van der Waals surface area contributed by atoms with Crippen LogP contribution in [0.25, 0.3) is 0 Å². The SMILES string of the molecule is CCCCCCCC(CCCC(N)=O)C1CO1. The van der Waals surface area contributed by atoms with Crippen molar-refractivity contribution in [1.82, 2.24) is 0 Å². The summed E-state index contributed by atoms with van der Waals surface area (Å²) in [6, 6.07) is 0. The molecule has 100 valence electrons. The third kappa shape index (κ3) is 7.37. The van der Waals surface area contributed by atoms with E-state index in [1.165, 1.54) is 38.5 Å². The number of carbonyl (C=O) groups is 1. The third-order valence-electron chi connectivity index (χ3n) is 3.56. The standard InChI is InChI=1S/C14H27NO2/c1-2-3-4-5-6-8-12(13-11-17-13)9-7-10-14(15)16/h12-13H,2-11H2,1H3,(H2,15,16). The van der Waals surface area contributed by atoms with Crippen LogP contribution in [0.1, 0.15) is 64.7 Å². The van der Waals surface area contributed by atoms with Crippen LogP contribution in [0.2, 0.25) is 0 Å². The lowest BCUT2D eigenvalue weighted by atomic mass is 9.92. The molecule has 0 aromatic heterocycles. The molecule has 0 spiro atoms. The molecular formula is C14H27NO2. The van der Waals surface area contributed by atoms with Crippen molar-refractivity contribution in [3.8, 4) is 0 Å². The average molecular weight is 241 g/mol. The van der Waals surface area contributed by atoms with Crippen LogP contribution in [0.3, 0.4) is 0 Å². The Morgan fingerprint density at radius 1 is 1.24 bits per heavy atom. The minimum absolute atomic E-state index is 0.177. The van der Waals surface area contributed by atoms with Crippen LogP contribution in [-0.4, -0.2) is 18.6 Å². The van der Waals surface area contributed by atoms with Gasteiger partial charge in [0.05, 0.1) is 12.7 Å². The molecule has 1 aliphatic heterocycles. The number of rotatable bonds is 11. The number of unbranched alkanes of at least 4 members (excludes halogenated alkanes) is 4. The lowest BCUT2D eigenvalue weighted by Crippen LogP contribution is -2.13. The topological polar surface area (TPSA) is 55.6 Å². The molecule has 3 heteroatoms. The summed E-state index contributed by atoms with van der Waals surface area (Å²) in [5, 5.41) is 0. The fourth-order valence-electron chi connectivity index (χ4n) is 2.39. The number of nitrogens with two attached hydrogens (primary N) is 1. The van der Waals surface area contributed by atoms with Gasteiger partial charge in [0.15, 0.2) is 0 Å². The molecule has 0 bridgehead atoms. The summed E-state index contributed by atoms with van der Waals surface area (Å²) in [6.45, 7) is 3.17. The van der Waals surface area contributed by atoms with Crippen LogP contribution in [0.15, 0.2) is 0 Å². The highest BCUT2D eigenvalue weighted by Crippen LogP contribution is 2.29. The molecule has 1 amide bonds. The zero-order valence-electron chi connectivity index (χ0n) is 11.1. The van der Waals surface area contributed by atoms with Crippen molar-refractivity contribution in [1.29, 1.82) is 0 Å². The molecule has 0 radical (unpaired) electrons. The fourth-order valence-corrected chi connectivity index (χ4v) is 2.39.